The Morgan fingerprint density at radius 3 is 2.39 bits per heavy atom. The summed E-state index contributed by atoms with van der Waals surface area (Å²) in [5.41, 5.74) is 3.92. The maximum absolute atomic E-state index is 13.5. The molecular weight excluding hydrogens is 502 g/mol. The van der Waals surface area contributed by atoms with E-state index in [9.17, 15) is 14.7 Å². The Morgan fingerprint density at radius 1 is 1.05 bits per heavy atom. The number of hydrogen-bond donors (Lipinski definition) is 2. The fraction of sp³-hybridized carbons (Fsp3) is 0.267. The molecule has 38 heavy (non-hydrogen) atoms. The molecule has 196 valence electrons. The SMILES string of the molecule is Cc1nc(C(=O)NCc2ccnc3ccccc23)c(C)c(-c2ccc(Cl)cc2)c1[C@H](OC(C)(C)C)C(=O)O. The van der Waals surface area contributed by atoms with Crippen molar-refractivity contribution in [2.75, 3.05) is 0 Å². The van der Waals surface area contributed by atoms with Gasteiger partial charge >= 0.3 is 5.97 Å². The third-order valence-electron chi connectivity index (χ3n) is 6.15. The number of hydrogen-bond acceptors (Lipinski definition) is 5. The number of halogens is 1. The monoisotopic (exact) mass is 531 g/mol. The van der Waals surface area contributed by atoms with E-state index in [-0.39, 0.29) is 18.1 Å². The van der Waals surface area contributed by atoms with E-state index < -0.39 is 17.7 Å². The van der Waals surface area contributed by atoms with Crippen molar-refractivity contribution in [1.82, 2.24) is 15.3 Å². The van der Waals surface area contributed by atoms with Crippen molar-refractivity contribution >= 4 is 34.4 Å². The van der Waals surface area contributed by atoms with Crippen LogP contribution in [0.1, 0.15) is 59.7 Å². The van der Waals surface area contributed by atoms with E-state index in [0.717, 1.165) is 16.5 Å². The van der Waals surface area contributed by atoms with Crippen LogP contribution in [0.15, 0.2) is 60.8 Å². The molecule has 7 nitrogen and oxygen atoms in total. The van der Waals surface area contributed by atoms with Crippen molar-refractivity contribution in [3.8, 4) is 11.1 Å². The highest BCUT2D eigenvalue weighted by molar-refractivity contribution is 6.30. The van der Waals surface area contributed by atoms with Crippen molar-refractivity contribution in [1.29, 1.82) is 0 Å². The summed E-state index contributed by atoms with van der Waals surface area (Å²) in [5.74, 6) is -1.50. The number of rotatable bonds is 7. The third-order valence-corrected chi connectivity index (χ3v) is 6.41. The Labute approximate surface area is 226 Å². The second kappa shape index (κ2) is 10.9. The van der Waals surface area contributed by atoms with Gasteiger partial charge < -0.3 is 15.2 Å². The molecule has 0 aliphatic carbocycles. The molecule has 2 heterocycles. The molecule has 4 aromatic rings. The Balaban J connectivity index is 1.79. The molecule has 0 spiro atoms. The van der Waals surface area contributed by atoms with Crippen molar-refractivity contribution in [2.24, 2.45) is 0 Å². The van der Waals surface area contributed by atoms with Gasteiger partial charge in [-0.15, -0.1) is 0 Å². The minimum absolute atomic E-state index is 0.217. The third kappa shape index (κ3) is 5.85. The first-order chi connectivity index (χ1) is 18.0. The smallest absolute Gasteiger partial charge is 0.337 e. The molecule has 2 aromatic carbocycles. The molecule has 0 bridgehead atoms. The minimum atomic E-state index is -1.29. The normalized spacial score (nSPS) is 12.4. The van der Waals surface area contributed by atoms with Crippen LogP contribution in [0.3, 0.4) is 0 Å². The minimum Gasteiger partial charge on any atom is -0.479 e. The molecule has 0 saturated carbocycles. The van der Waals surface area contributed by atoms with Crippen LogP contribution in [0.4, 0.5) is 0 Å². The average Bonchev–Trinajstić information content (AvgIpc) is 2.87. The van der Waals surface area contributed by atoms with Gasteiger partial charge in [-0.25, -0.2) is 9.78 Å². The van der Waals surface area contributed by atoms with E-state index in [0.29, 0.717) is 33.0 Å². The van der Waals surface area contributed by atoms with E-state index in [2.05, 4.69) is 15.3 Å². The fourth-order valence-corrected chi connectivity index (χ4v) is 4.62. The van der Waals surface area contributed by atoms with Crippen LogP contribution in [0.2, 0.25) is 5.02 Å². The number of aromatic nitrogens is 2. The summed E-state index contributed by atoms with van der Waals surface area (Å²) in [4.78, 5) is 34.8. The van der Waals surface area contributed by atoms with E-state index in [1.165, 1.54) is 0 Å². The van der Waals surface area contributed by atoms with Crippen molar-refractivity contribution in [3.05, 3.63) is 93.9 Å². The number of aryl methyl sites for hydroxylation is 1. The van der Waals surface area contributed by atoms with Crippen LogP contribution in [0, 0.1) is 13.8 Å². The maximum atomic E-state index is 13.5. The van der Waals surface area contributed by atoms with Crippen LogP contribution in [-0.2, 0) is 16.1 Å². The highest BCUT2D eigenvalue weighted by atomic mass is 35.5. The lowest BCUT2D eigenvalue weighted by Gasteiger charge is -2.28. The largest absolute Gasteiger partial charge is 0.479 e. The number of para-hydroxylation sites is 1. The molecule has 0 saturated heterocycles. The summed E-state index contributed by atoms with van der Waals surface area (Å²) in [6, 6.07) is 16.7. The molecule has 0 aliphatic heterocycles. The van der Waals surface area contributed by atoms with Gasteiger partial charge in [0.25, 0.3) is 5.91 Å². The second-order valence-electron chi connectivity index (χ2n) is 10.1. The number of nitrogens with zero attached hydrogens (tertiary/aromatic N) is 2. The predicted molar refractivity (Wildman–Crippen MR) is 148 cm³/mol. The van der Waals surface area contributed by atoms with E-state index in [1.807, 2.05) is 30.3 Å². The zero-order chi connectivity index (χ0) is 27.6. The first-order valence-corrected chi connectivity index (χ1v) is 12.6. The van der Waals surface area contributed by atoms with Crippen LogP contribution >= 0.6 is 11.6 Å². The number of aliphatic carboxylic acids is 1. The maximum Gasteiger partial charge on any atom is 0.337 e. The fourth-order valence-electron chi connectivity index (χ4n) is 4.50. The number of carboxylic acids is 1. The Morgan fingerprint density at radius 2 is 1.74 bits per heavy atom. The van der Waals surface area contributed by atoms with Gasteiger partial charge in [0.1, 0.15) is 5.69 Å². The molecule has 0 aliphatic rings. The Hall–Kier alpha value is -3.81. The molecule has 4 rings (SSSR count). The first kappa shape index (κ1) is 27.2. The number of carboxylic acid groups (broad SMARTS) is 1. The Bertz CT molecular complexity index is 1510. The molecule has 0 unspecified atom stereocenters. The zero-order valence-electron chi connectivity index (χ0n) is 22.0. The Kier molecular flexibility index (Phi) is 7.81. The number of amides is 1. The topological polar surface area (TPSA) is 101 Å². The number of ether oxygens (including phenoxy) is 1. The van der Waals surface area contributed by atoms with Crippen molar-refractivity contribution in [3.63, 3.8) is 0 Å². The van der Waals surface area contributed by atoms with Crippen molar-refractivity contribution < 1.29 is 19.4 Å². The number of benzene rings is 2. The highest BCUT2D eigenvalue weighted by Crippen LogP contribution is 2.38. The summed E-state index contributed by atoms with van der Waals surface area (Å²) in [5, 5.41) is 14.6. The summed E-state index contributed by atoms with van der Waals surface area (Å²) in [6.45, 7) is 9.14. The summed E-state index contributed by atoms with van der Waals surface area (Å²) in [6.07, 6.45) is 0.429. The summed E-state index contributed by atoms with van der Waals surface area (Å²) >= 11 is 6.13. The first-order valence-electron chi connectivity index (χ1n) is 12.2. The number of fused-ring (bicyclic) bond motifs is 1. The van der Waals surface area contributed by atoms with Crippen LogP contribution in [-0.4, -0.2) is 32.6 Å². The summed E-state index contributed by atoms with van der Waals surface area (Å²) < 4.78 is 5.98. The zero-order valence-corrected chi connectivity index (χ0v) is 22.8. The van der Waals surface area contributed by atoms with Crippen LogP contribution in [0.25, 0.3) is 22.0 Å². The molecule has 8 heteroatoms. The van der Waals surface area contributed by atoms with E-state index >= 15 is 0 Å². The highest BCUT2D eigenvalue weighted by Gasteiger charge is 2.33. The lowest BCUT2D eigenvalue weighted by atomic mass is 9.89. The van der Waals surface area contributed by atoms with E-state index in [1.54, 1.807) is 65.1 Å². The van der Waals surface area contributed by atoms with Gasteiger partial charge in [-0.05, 0) is 81.1 Å². The van der Waals surface area contributed by atoms with Crippen LogP contribution < -0.4 is 5.32 Å². The van der Waals surface area contributed by atoms with Gasteiger partial charge in [0.05, 0.1) is 11.1 Å². The number of carbonyl (C=O) groups excluding carboxylic acids is 1. The number of pyridine rings is 2. The number of carbonyl (C=O) groups is 2. The van der Waals surface area contributed by atoms with Gasteiger partial charge in [-0.3, -0.25) is 9.78 Å². The van der Waals surface area contributed by atoms with Gasteiger partial charge in [-0.2, -0.15) is 0 Å². The molecular formula is C30H30ClN3O4. The van der Waals surface area contributed by atoms with Gasteiger partial charge in [0.2, 0.25) is 0 Å². The molecule has 2 N–H and O–H groups in total. The molecule has 0 radical (unpaired) electrons. The lowest BCUT2D eigenvalue weighted by Crippen LogP contribution is -2.30. The van der Waals surface area contributed by atoms with Gasteiger partial charge in [0, 0.05) is 34.4 Å². The van der Waals surface area contributed by atoms with Crippen molar-refractivity contribution in [2.45, 2.75) is 52.9 Å². The molecule has 2 aromatic heterocycles. The molecule has 1 amide bonds. The number of nitrogens with one attached hydrogen (secondary N) is 1. The quantitative estimate of drug-likeness (QED) is 0.284. The molecule has 1 atom stereocenters. The van der Waals surface area contributed by atoms with Crippen LogP contribution in [0.5, 0.6) is 0 Å². The van der Waals surface area contributed by atoms with Gasteiger partial charge in [0.15, 0.2) is 6.10 Å². The average molecular weight is 532 g/mol. The second-order valence-corrected chi connectivity index (χ2v) is 10.5. The predicted octanol–water partition coefficient (Wildman–Crippen LogP) is 6.44. The lowest BCUT2D eigenvalue weighted by molar-refractivity contribution is -0.160. The van der Waals surface area contributed by atoms with E-state index in [4.69, 9.17) is 16.3 Å². The summed E-state index contributed by atoms with van der Waals surface area (Å²) in [7, 11) is 0. The van der Waals surface area contributed by atoms with Gasteiger partial charge in [-0.1, -0.05) is 41.9 Å². The molecule has 0 fully saturated rings. The standard InChI is InChI=1S/C30H30ClN3O4/c1-17-24(19-10-12-21(31)13-11-19)25(27(29(36)37)38-30(3,4)5)18(2)34-26(17)28(35)33-16-20-14-15-32-23-9-7-6-8-22(20)23/h6-15,27H,16H2,1-5H3,(H,33,35)(H,36,37)/t27-/m0/s1.